The van der Waals surface area contributed by atoms with Gasteiger partial charge in [-0.05, 0) is 48.3 Å². The Hall–Kier alpha value is -1.68. The van der Waals surface area contributed by atoms with Crippen molar-refractivity contribution in [2.24, 2.45) is 22.7 Å². The van der Waals surface area contributed by atoms with Gasteiger partial charge in [0.25, 0.3) is 0 Å². The van der Waals surface area contributed by atoms with E-state index in [1.54, 1.807) is 0 Å². The summed E-state index contributed by atoms with van der Waals surface area (Å²) in [6.07, 6.45) is 4.90. The van der Waals surface area contributed by atoms with E-state index in [1.807, 2.05) is 12.1 Å². The molecule has 0 bridgehead atoms. The highest BCUT2D eigenvalue weighted by molar-refractivity contribution is 6.05. The van der Waals surface area contributed by atoms with Gasteiger partial charge in [0.05, 0.1) is 17.3 Å². The normalized spacial score (nSPS) is 33.9. The Morgan fingerprint density at radius 1 is 1.24 bits per heavy atom. The van der Waals surface area contributed by atoms with E-state index >= 15 is 0 Å². The van der Waals surface area contributed by atoms with Crippen LogP contribution in [0.1, 0.15) is 64.0 Å². The van der Waals surface area contributed by atoms with Crippen LogP contribution in [0.2, 0.25) is 0 Å². The van der Waals surface area contributed by atoms with Gasteiger partial charge in [-0.15, -0.1) is 0 Å². The standard InChI is InChI=1S/C21H27NO3/c1-20(2,3)13-8-9-17-15(11-13)21(25)16(19(23)24)10-12-6-4-5-7-14(12)18(21)22-17/h8-9,11-12,14,16,25H,4-7,10H2,1-3H3,(H,23,24). The van der Waals surface area contributed by atoms with Gasteiger partial charge in [-0.1, -0.05) is 39.7 Å². The summed E-state index contributed by atoms with van der Waals surface area (Å²) in [5, 5.41) is 21.6. The highest BCUT2D eigenvalue weighted by atomic mass is 16.4. The van der Waals surface area contributed by atoms with Crippen LogP contribution in [0.5, 0.6) is 0 Å². The lowest BCUT2D eigenvalue weighted by Crippen LogP contribution is -2.54. The van der Waals surface area contributed by atoms with Gasteiger partial charge in [0.2, 0.25) is 0 Å². The van der Waals surface area contributed by atoms with E-state index in [0.717, 1.165) is 42.6 Å². The Labute approximate surface area is 149 Å². The van der Waals surface area contributed by atoms with E-state index in [0.29, 0.717) is 17.9 Å². The fourth-order valence-corrected chi connectivity index (χ4v) is 5.09. The molecule has 2 fully saturated rings. The topological polar surface area (TPSA) is 69.9 Å². The monoisotopic (exact) mass is 341 g/mol. The highest BCUT2D eigenvalue weighted by Gasteiger charge is 2.58. The molecule has 1 aliphatic heterocycles. The molecule has 4 rings (SSSR count). The van der Waals surface area contributed by atoms with Crippen molar-refractivity contribution in [2.45, 2.75) is 63.9 Å². The average molecular weight is 341 g/mol. The number of nitrogens with zero attached hydrogens (tertiary/aromatic N) is 1. The summed E-state index contributed by atoms with van der Waals surface area (Å²) in [6.45, 7) is 6.38. The number of carboxylic acids is 1. The molecule has 4 unspecified atom stereocenters. The van der Waals surface area contributed by atoms with Crippen LogP contribution < -0.4 is 0 Å². The second kappa shape index (κ2) is 5.41. The molecule has 0 radical (unpaired) electrons. The second-order valence-electron chi connectivity index (χ2n) is 9.02. The molecule has 1 heterocycles. The molecule has 4 atom stereocenters. The third-order valence-electron chi connectivity index (χ3n) is 6.51. The van der Waals surface area contributed by atoms with Crippen LogP contribution in [0.25, 0.3) is 0 Å². The second-order valence-corrected chi connectivity index (χ2v) is 9.02. The molecule has 0 saturated heterocycles. The SMILES string of the molecule is CC(C)(C)c1ccc2c(c1)C1(O)C(=N2)C2CCCCC2CC1C(=O)O. The van der Waals surface area contributed by atoms with E-state index in [1.165, 1.54) is 0 Å². The number of aliphatic carboxylic acids is 1. The molecule has 1 aromatic rings. The Bertz CT molecular complexity index is 761. The van der Waals surface area contributed by atoms with Crippen LogP contribution in [-0.2, 0) is 15.8 Å². The minimum atomic E-state index is -1.44. The number of benzene rings is 1. The first-order valence-electron chi connectivity index (χ1n) is 9.42. The van der Waals surface area contributed by atoms with Gasteiger partial charge < -0.3 is 10.2 Å². The van der Waals surface area contributed by atoms with Crippen molar-refractivity contribution in [1.29, 1.82) is 0 Å². The van der Waals surface area contributed by atoms with Crippen LogP contribution in [0.4, 0.5) is 5.69 Å². The molecular formula is C21H27NO3. The zero-order valence-corrected chi connectivity index (χ0v) is 15.2. The molecule has 134 valence electrons. The quantitative estimate of drug-likeness (QED) is 0.805. The van der Waals surface area contributed by atoms with Crippen LogP contribution in [-0.4, -0.2) is 21.9 Å². The maximum atomic E-state index is 12.1. The van der Waals surface area contributed by atoms with Crippen molar-refractivity contribution in [2.75, 3.05) is 0 Å². The minimum Gasteiger partial charge on any atom is -0.481 e. The third kappa shape index (κ3) is 2.37. The summed E-state index contributed by atoms with van der Waals surface area (Å²) < 4.78 is 0. The first-order valence-corrected chi connectivity index (χ1v) is 9.42. The van der Waals surface area contributed by atoms with Gasteiger partial charge in [-0.25, -0.2) is 0 Å². The number of carbonyl (C=O) groups is 1. The van der Waals surface area contributed by atoms with Crippen molar-refractivity contribution >= 4 is 17.4 Å². The Balaban J connectivity index is 1.87. The number of rotatable bonds is 1. The van der Waals surface area contributed by atoms with Crippen molar-refractivity contribution in [3.05, 3.63) is 29.3 Å². The summed E-state index contributed by atoms with van der Waals surface area (Å²) in [6, 6.07) is 6.00. The molecule has 2 aliphatic carbocycles. The molecule has 1 aromatic carbocycles. The number of hydrogen-bond donors (Lipinski definition) is 2. The van der Waals surface area contributed by atoms with Crippen molar-refractivity contribution in [1.82, 2.24) is 0 Å². The van der Waals surface area contributed by atoms with Gasteiger partial charge in [0.1, 0.15) is 5.60 Å². The van der Waals surface area contributed by atoms with Crippen LogP contribution in [0, 0.1) is 17.8 Å². The molecule has 25 heavy (non-hydrogen) atoms. The lowest BCUT2D eigenvalue weighted by molar-refractivity contribution is -0.151. The van der Waals surface area contributed by atoms with E-state index in [9.17, 15) is 15.0 Å². The predicted octanol–water partition coefficient (Wildman–Crippen LogP) is 4.17. The van der Waals surface area contributed by atoms with E-state index in [2.05, 4.69) is 26.8 Å². The molecule has 2 saturated carbocycles. The fourth-order valence-electron chi connectivity index (χ4n) is 5.09. The summed E-state index contributed by atoms with van der Waals surface area (Å²) >= 11 is 0. The first kappa shape index (κ1) is 16.8. The van der Waals surface area contributed by atoms with Gasteiger partial charge in [0.15, 0.2) is 0 Å². The molecule has 0 aromatic heterocycles. The Morgan fingerprint density at radius 2 is 1.96 bits per heavy atom. The van der Waals surface area contributed by atoms with Gasteiger partial charge >= 0.3 is 5.97 Å². The van der Waals surface area contributed by atoms with Crippen molar-refractivity contribution in [3.8, 4) is 0 Å². The molecule has 4 nitrogen and oxygen atoms in total. The van der Waals surface area contributed by atoms with Crippen LogP contribution in [0.3, 0.4) is 0 Å². The van der Waals surface area contributed by atoms with Crippen LogP contribution in [0.15, 0.2) is 23.2 Å². The smallest absolute Gasteiger partial charge is 0.310 e. The molecule has 0 spiro atoms. The maximum Gasteiger partial charge on any atom is 0.310 e. The van der Waals surface area contributed by atoms with Gasteiger partial charge in [-0.2, -0.15) is 0 Å². The van der Waals surface area contributed by atoms with E-state index in [-0.39, 0.29) is 11.3 Å². The Kier molecular flexibility index (Phi) is 3.63. The first-order chi connectivity index (χ1) is 11.7. The molecule has 3 aliphatic rings. The van der Waals surface area contributed by atoms with Crippen molar-refractivity contribution in [3.63, 3.8) is 0 Å². The molecule has 2 N–H and O–H groups in total. The zero-order chi connectivity index (χ0) is 18.0. The fraction of sp³-hybridized carbons (Fsp3) is 0.619. The van der Waals surface area contributed by atoms with Gasteiger partial charge in [0, 0.05) is 11.5 Å². The highest BCUT2D eigenvalue weighted by Crippen LogP contribution is 2.55. The average Bonchev–Trinajstić information content (AvgIpc) is 2.86. The number of hydrogen-bond acceptors (Lipinski definition) is 3. The summed E-state index contributed by atoms with van der Waals surface area (Å²) in [4.78, 5) is 16.8. The van der Waals surface area contributed by atoms with E-state index < -0.39 is 17.5 Å². The predicted molar refractivity (Wildman–Crippen MR) is 97.3 cm³/mol. The van der Waals surface area contributed by atoms with Crippen LogP contribution >= 0.6 is 0 Å². The summed E-state index contributed by atoms with van der Waals surface area (Å²) in [5.41, 5.74) is 1.77. The molecule has 0 amide bonds. The zero-order valence-electron chi connectivity index (χ0n) is 15.2. The van der Waals surface area contributed by atoms with Gasteiger partial charge in [-0.3, -0.25) is 9.79 Å². The lowest BCUT2D eigenvalue weighted by atomic mass is 9.59. The summed E-state index contributed by atoms with van der Waals surface area (Å²) in [7, 11) is 0. The van der Waals surface area contributed by atoms with Crippen molar-refractivity contribution < 1.29 is 15.0 Å². The Morgan fingerprint density at radius 3 is 2.64 bits per heavy atom. The minimum absolute atomic E-state index is 0.0606. The molecular weight excluding hydrogens is 314 g/mol. The number of carboxylic acid groups (broad SMARTS) is 1. The summed E-state index contributed by atoms with van der Waals surface area (Å²) in [5.74, 6) is -1.15. The maximum absolute atomic E-state index is 12.1. The number of aliphatic hydroxyl groups is 1. The number of aliphatic imine (C=N–C) groups is 1. The largest absolute Gasteiger partial charge is 0.481 e. The number of fused-ring (bicyclic) bond motifs is 5. The van der Waals surface area contributed by atoms with E-state index in [4.69, 9.17) is 4.99 Å². The third-order valence-corrected chi connectivity index (χ3v) is 6.51. The lowest BCUT2D eigenvalue weighted by Gasteiger charge is -2.46. The molecule has 4 heteroatoms.